The molecular weight excluding hydrogens is 84.2 g/mol. The van der Waals surface area contributed by atoms with Crippen molar-refractivity contribution in [1.29, 1.82) is 0 Å². The van der Waals surface area contributed by atoms with E-state index in [9.17, 15) is 0 Å². The standard InChI is InChI=1S/CH3O.H6Si2/c2*1-2/h1H3;1-2H3. The molecule has 0 spiro atoms. The van der Waals surface area contributed by atoms with Crippen LogP contribution in [-0.2, 0) is 5.11 Å². The topological polar surface area (TPSA) is 19.9 Å². The predicted molar refractivity (Wildman–Crippen MR) is 26.5 cm³/mol. The van der Waals surface area contributed by atoms with E-state index in [1.807, 2.05) is 0 Å². The average molecular weight is 93.3 g/mol. The molecule has 0 unspecified atom stereocenters. The van der Waals surface area contributed by atoms with Gasteiger partial charge in [0, 0.05) is 0 Å². The molecule has 0 aliphatic carbocycles. The molecule has 0 bridgehead atoms. The van der Waals surface area contributed by atoms with Gasteiger partial charge < -0.3 is 0 Å². The van der Waals surface area contributed by atoms with Gasteiger partial charge in [0.2, 0.25) is 0 Å². The lowest BCUT2D eigenvalue weighted by atomic mass is 11.8. The highest BCUT2D eigenvalue weighted by molar-refractivity contribution is 6.75. The third-order valence-corrected chi connectivity index (χ3v) is 0. The van der Waals surface area contributed by atoms with Crippen LogP contribution in [0.1, 0.15) is 0 Å². The molecule has 0 fully saturated rings. The number of hydrogen-bond acceptors (Lipinski definition) is 0. The van der Waals surface area contributed by atoms with Crippen LogP contribution in [0.3, 0.4) is 0 Å². The Morgan fingerprint density at radius 2 is 1.25 bits per heavy atom. The second kappa shape index (κ2) is 125. The fraction of sp³-hybridized carbons (Fsp3) is 1.00. The van der Waals surface area contributed by atoms with E-state index >= 15 is 0 Å². The first-order chi connectivity index (χ1) is 2.00. The van der Waals surface area contributed by atoms with Crippen LogP contribution in [0.5, 0.6) is 0 Å². The van der Waals surface area contributed by atoms with Crippen LogP contribution in [0.15, 0.2) is 0 Å². The minimum atomic E-state index is 0.750. The summed E-state index contributed by atoms with van der Waals surface area (Å²) >= 11 is 0. The van der Waals surface area contributed by atoms with Crippen molar-refractivity contribution in [2.24, 2.45) is 0 Å². The SMILES string of the molecule is C[O].[SiH3][SiH3]. The Bertz CT molecular complexity index is 6.00. The molecule has 0 amide bonds. The molecule has 0 N–H and O–H groups in total. The third-order valence-electron chi connectivity index (χ3n) is 0. The fourth-order valence-electron chi connectivity index (χ4n) is 0. The fourth-order valence-corrected chi connectivity index (χ4v) is 0. The third kappa shape index (κ3) is 30.0. The van der Waals surface area contributed by atoms with Gasteiger partial charge in [0.05, 0.1) is 7.11 Å². The van der Waals surface area contributed by atoms with Gasteiger partial charge in [-0.15, -0.1) is 0 Å². The summed E-state index contributed by atoms with van der Waals surface area (Å²) in [5, 5.41) is 8.25. The first-order valence-electron chi connectivity index (χ1n) is 1.41. The zero-order valence-electron chi connectivity index (χ0n) is 3.41. The summed E-state index contributed by atoms with van der Waals surface area (Å²) in [4.78, 5) is 0. The lowest BCUT2D eigenvalue weighted by Gasteiger charge is -1.10. The molecule has 0 aliphatic rings. The second-order valence-electron chi connectivity index (χ2n) is 0. The molecule has 3 heteroatoms. The molecular formula is CH9OSi2. The molecule has 0 rings (SSSR count). The van der Waals surface area contributed by atoms with Crippen molar-refractivity contribution < 1.29 is 5.11 Å². The Kier molecular flexibility index (Phi) is 277. The van der Waals surface area contributed by atoms with E-state index in [0.717, 1.165) is 7.11 Å². The highest BCUT2D eigenvalue weighted by atomic mass is 29.1. The van der Waals surface area contributed by atoms with Gasteiger partial charge in [-0.25, -0.2) is 5.11 Å². The molecule has 4 heavy (non-hydrogen) atoms. The van der Waals surface area contributed by atoms with Gasteiger partial charge in [0.1, 0.15) is 0 Å². The monoisotopic (exact) mass is 93.0 g/mol. The second-order valence-corrected chi connectivity index (χ2v) is 0. The summed E-state index contributed by atoms with van der Waals surface area (Å²) in [6.45, 7) is 0. The van der Waals surface area contributed by atoms with E-state index in [1.54, 1.807) is 0 Å². The van der Waals surface area contributed by atoms with Crippen LogP contribution in [0, 0.1) is 0 Å². The highest BCUT2D eigenvalue weighted by Crippen LogP contribution is 0.840. The van der Waals surface area contributed by atoms with E-state index in [4.69, 9.17) is 5.11 Å². The quantitative estimate of drug-likeness (QED) is 0.300. The van der Waals surface area contributed by atoms with E-state index in [2.05, 4.69) is 0 Å². The molecule has 0 aromatic rings. The zero-order valence-corrected chi connectivity index (χ0v) is 7.41. The average Bonchev–Trinajstić information content (AvgIpc) is 1.50. The molecule has 0 saturated heterocycles. The molecule has 0 aromatic carbocycles. The first-order valence-corrected chi connectivity index (χ1v) is 9.41. The number of hydrogen-bond donors (Lipinski definition) is 0. The van der Waals surface area contributed by atoms with Crippen molar-refractivity contribution in [3.8, 4) is 0 Å². The van der Waals surface area contributed by atoms with Gasteiger partial charge in [0.15, 0.2) is 0 Å². The van der Waals surface area contributed by atoms with E-state index in [0.29, 0.717) is 0 Å². The molecule has 0 aromatic heterocycles. The summed E-state index contributed by atoms with van der Waals surface area (Å²) in [6.07, 6.45) is 0. The van der Waals surface area contributed by atoms with E-state index in [1.165, 1.54) is 19.5 Å². The van der Waals surface area contributed by atoms with Crippen LogP contribution in [0.4, 0.5) is 0 Å². The van der Waals surface area contributed by atoms with Crippen molar-refractivity contribution in [3.63, 3.8) is 0 Å². The Labute approximate surface area is 32.7 Å². The maximum Gasteiger partial charge on any atom is 0.0712 e. The van der Waals surface area contributed by atoms with Gasteiger partial charge in [0.25, 0.3) is 0 Å². The molecule has 1 radical (unpaired) electrons. The molecule has 0 saturated carbocycles. The van der Waals surface area contributed by atoms with Crippen LogP contribution >= 0.6 is 0 Å². The Morgan fingerprint density at radius 3 is 1.25 bits per heavy atom. The smallest absolute Gasteiger partial charge is 0.0712 e. The largest absolute Gasteiger partial charge is 0.240 e. The Balaban J connectivity index is 0. The lowest BCUT2D eigenvalue weighted by molar-refractivity contribution is 0.282. The highest BCUT2D eigenvalue weighted by Gasteiger charge is 0.988. The number of rotatable bonds is 0. The van der Waals surface area contributed by atoms with E-state index in [-0.39, 0.29) is 0 Å². The van der Waals surface area contributed by atoms with Crippen molar-refractivity contribution in [2.75, 3.05) is 7.11 Å². The predicted octanol–water partition coefficient (Wildman–Crippen LogP) is -2.32. The van der Waals surface area contributed by atoms with Crippen LogP contribution < -0.4 is 0 Å². The van der Waals surface area contributed by atoms with Gasteiger partial charge >= 0.3 is 0 Å². The van der Waals surface area contributed by atoms with Gasteiger partial charge in [-0.3, -0.25) is 0 Å². The summed E-state index contributed by atoms with van der Waals surface area (Å²) in [7, 11) is 3.64. The van der Waals surface area contributed by atoms with Crippen molar-refractivity contribution >= 4 is 19.5 Å². The molecule has 0 aliphatic heterocycles. The van der Waals surface area contributed by atoms with Crippen LogP contribution in [0.2, 0.25) is 0 Å². The molecule has 27 valence electrons. The summed E-state index contributed by atoms with van der Waals surface area (Å²) < 4.78 is 0. The van der Waals surface area contributed by atoms with Gasteiger partial charge in [-0.1, -0.05) is 0 Å². The van der Waals surface area contributed by atoms with Crippen molar-refractivity contribution in [3.05, 3.63) is 0 Å². The minimum absolute atomic E-state index is 0.750. The molecule has 0 atom stereocenters. The zero-order chi connectivity index (χ0) is 4.00. The molecule has 0 heterocycles. The summed E-state index contributed by atoms with van der Waals surface area (Å²) in [6, 6.07) is 0. The maximum atomic E-state index is 8.25. The van der Waals surface area contributed by atoms with E-state index < -0.39 is 0 Å². The van der Waals surface area contributed by atoms with Crippen LogP contribution in [-0.4, -0.2) is 26.6 Å². The minimum Gasteiger partial charge on any atom is -0.240 e. The molecule has 1 nitrogen and oxygen atoms in total. The Morgan fingerprint density at radius 1 is 1.25 bits per heavy atom. The summed E-state index contributed by atoms with van der Waals surface area (Å²) in [5.41, 5.74) is 0. The summed E-state index contributed by atoms with van der Waals surface area (Å²) in [5.74, 6) is 0. The lowest BCUT2D eigenvalue weighted by Crippen LogP contribution is -1.38. The van der Waals surface area contributed by atoms with Gasteiger partial charge in [-0.05, 0) is 19.5 Å². The maximum absolute atomic E-state index is 8.25. The van der Waals surface area contributed by atoms with Crippen molar-refractivity contribution in [2.45, 2.75) is 0 Å². The first kappa shape index (κ1) is 8.83. The van der Waals surface area contributed by atoms with Crippen molar-refractivity contribution in [1.82, 2.24) is 0 Å². The van der Waals surface area contributed by atoms with Gasteiger partial charge in [-0.2, -0.15) is 0 Å². The normalized spacial score (nSPS) is 4.50. The Hall–Kier alpha value is 0.394. The van der Waals surface area contributed by atoms with Crippen LogP contribution in [0.25, 0.3) is 0 Å².